The van der Waals surface area contributed by atoms with Crippen LogP contribution in [0.15, 0.2) is 54.4 Å². The van der Waals surface area contributed by atoms with Gasteiger partial charge < -0.3 is 30.3 Å². The number of alkyl halides is 3. The zero-order chi connectivity index (χ0) is 31.5. The molecule has 2 fully saturated rings. The normalized spacial score (nSPS) is 29.0. The van der Waals surface area contributed by atoms with Crippen LogP contribution in [0.5, 0.6) is 17.2 Å². The van der Waals surface area contributed by atoms with E-state index in [2.05, 4.69) is 25.8 Å². The number of hydrogen-bond donors (Lipinski definition) is 3. The van der Waals surface area contributed by atoms with E-state index in [4.69, 9.17) is 9.47 Å². The Hall–Kier alpha value is -4.10. The maximum atomic E-state index is 14.5. The number of carbonyl (C=O) groups is 2. The molecule has 1 saturated heterocycles. The van der Waals surface area contributed by atoms with Gasteiger partial charge in [-0.2, -0.15) is 13.2 Å². The van der Waals surface area contributed by atoms with Crippen LogP contribution in [0.4, 0.5) is 23.8 Å². The molecule has 13 heteroatoms. The number of ether oxygens (including phenoxy) is 2. The summed E-state index contributed by atoms with van der Waals surface area (Å²) in [6.45, 7) is 6.34. The molecule has 0 spiro atoms. The van der Waals surface area contributed by atoms with Crippen LogP contribution >= 0.6 is 0 Å². The number of nitrogens with zero attached hydrogens (tertiary/aromatic N) is 3. The highest BCUT2D eigenvalue weighted by molar-refractivity contribution is 5.93. The number of nitrogens with one attached hydrogen (secondary N) is 3. The third kappa shape index (κ3) is 5.31. The second-order valence-electron chi connectivity index (χ2n) is 12.4. The predicted molar refractivity (Wildman–Crippen MR) is 159 cm³/mol. The Morgan fingerprint density at radius 3 is 2.76 bits per heavy atom. The summed E-state index contributed by atoms with van der Waals surface area (Å²) in [4.78, 5) is 33.3. The van der Waals surface area contributed by atoms with Gasteiger partial charge in [0.2, 0.25) is 5.91 Å². The molecule has 0 radical (unpaired) electrons. The number of aromatic nitrogens is 1. The Morgan fingerprint density at radius 2 is 2.00 bits per heavy atom. The van der Waals surface area contributed by atoms with E-state index in [1.54, 1.807) is 24.4 Å². The number of urea groups is 1. The lowest BCUT2D eigenvalue weighted by atomic mass is 9.75. The highest BCUT2D eigenvalue weighted by atomic mass is 19.4. The van der Waals surface area contributed by atoms with Crippen LogP contribution in [-0.4, -0.2) is 83.8 Å². The summed E-state index contributed by atoms with van der Waals surface area (Å²) in [7, 11) is 0. The Bertz CT molecular complexity index is 1590. The van der Waals surface area contributed by atoms with Gasteiger partial charge in [0, 0.05) is 55.6 Å². The number of allylic oxidation sites excluding steroid dienone is 2. The molecule has 5 atom stereocenters. The fourth-order valence-corrected chi connectivity index (χ4v) is 7.01. The minimum Gasteiger partial charge on any atom is -0.487 e. The summed E-state index contributed by atoms with van der Waals surface area (Å²) in [5.74, 6) is 2.18. The number of amides is 3. The smallest absolute Gasteiger partial charge is 0.399 e. The second-order valence-corrected chi connectivity index (χ2v) is 12.4. The van der Waals surface area contributed by atoms with Gasteiger partial charge in [-0.15, -0.1) is 0 Å². The predicted octanol–water partition coefficient (Wildman–Crippen LogP) is 4.31. The van der Waals surface area contributed by atoms with Crippen molar-refractivity contribution in [3.63, 3.8) is 0 Å². The SMILES string of the molecule is CCN1CCN(C2C(NC(=O)N[C@@H]3[C@H]4Oc5ccc(Oc6ccnc7c6CCC(=O)N7)cc5[C@@H]34)=CC=CC2(C)C(F)(F)F)CC1. The van der Waals surface area contributed by atoms with Gasteiger partial charge in [-0.1, -0.05) is 19.1 Å². The molecule has 4 heterocycles. The van der Waals surface area contributed by atoms with Crippen molar-refractivity contribution in [3.05, 3.63) is 65.5 Å². The highest BCUT2D eigenvalue weighted by Gasteiger charge is 2.61. The van der Waals surface area contributed by atoms with Crippen LogP contribution in [0.1, 0.15) is 37.3 Å². The van der Waals surface area contributed by atoms with Crippen molar-refractivity contribution in [3.8, 4) is 17.2 Å². The summed E-state index contributed by atoms with van der Waals surface area (Å²) in [5, 5.41) is 8.46. The lowest BCUT2D eigenvalue weighted by molar-refractivity contribution is -0.217. The minimum atomic E-state index is -4.51. The van der Waals surface area contributed by atoms with Crippen molar-refractivity contribution in [1.29, 1.82) is 0 Å². The molecule has 1 saturated carbocycles. The molecule has 5 aliphatic rings. The molecule has 1 aromatic carbocycles. The van der Waals surface area contributed by atoms with Crippen molar-refractivity contribution < 1.29 is 32.2 Å². The lowest BCUT2D eigenvalue weighted by Gasteiger charge is -2.48. The van der Waals surface area contributed by atoms with E-state index in [-0.39, 0.29) is 29.7 Å². The largest absolute Gasteiger partial charge is 0.487 e. The fraction of sp³-hybridized carbons (Fsp3) is 0.469. The quantitative estimate of drug-likeness (QED) is 0.440. The summed E-state index contributed by atoms with van der Waals surface area (Å²) in [5.41, 5.74) is -0.226. The molecular formula is C32H35F3N6O4. The van der Waals surface area contributed by atoms with Gasteiger partial charge in [-0.25, -0.2) is 9.78 Å². The summed E-state index contributed by atoms with van der Waals surface area (Å²) < 4.78 is 55.7. The first-order valence-corrected chi connectivity index (χ1v) is 15.3. The topological polar surface area (TPSA) is 108 Å². The maximum absolute atomic E-state index is 14.5. The third-order valence-electron chi connectivity index (χ3n) is 9.62. The van der Waals surface area contributed by atoms with E-state index in [0.717, 1.165) is 17.7 Å². The zero-order valence-corrected chi connectivity index (χ0v) is 25.0. The van der Waals surface area contributed by atoms with Gasteiger partial charge in [0.1, 0.15) is 34.6 Å². The number of anilines is 1. The van der Waals surface area contributed by atoms with E-state index in [0.29, 0.717) is 62.1 Å². The minimum absolute atomic E-state index is 0.0832. The number of rotatable bonds is 6. The molecule has 1 aromatic heterocycles. The van der Waals surface area contributed by atoms with Crippen LogP contribution < -0.4 is 25.4 Å². The van der Waals surface area contributed by atoms with Crippen molar-refractivity contribution in [1.82, 2.24) is 25.4 Å². The monoisotopic (exact) mass is 624 g/mol. The Morgan fingerprint density at radius 1 is 1.20 bits per heavy atom. The standard InChI is InChI=1S/C32H35F3N6O4/c1-3-40-13-15-41(16-14-40)28-21(5-4-11-31(28,2)32(33,34)35)37-30(43)39-26-25-20-17-18(6-8-22(20)45-27(25)26)44-23-10-12-36-29-19(23)7-9-24(42)38-29/h4-6,8,10-12,17,25-28H,3,7,9,13-16H2,1-2H3,(H,36,38,42)(H2,37,39,43)/t25-,26-,27-,28?,31?/m0/s1. The molecule has 2 aromatic rings. The molecule has 3 N–H and O–H groups in total. The first-order chi connectivity index (χ1) is 21.6. The first kappa shape index (κ1) is 29.6. The number of benzene rings is 1. The average Bonchev–Trinajstić information content (AvgIpc) is 3.52. The van der Waals surface area contributed by atoms with Gasteiger partial charge in [0.25, 0.3) is 0 Å². The highest BCUT2D eigenvalue weighted by Crippen LogP contribution is 2.55. The molecule has 2 aliphatic carbocycles. The number of carbonyl (C=O) groups excluding carboxylic acids is 2. The van der Waals surface area contributed by atoms with Crippen molar-refractivity contribution in [2.75, 3.05) is 38.0 Å². The Balaban J connectivity index is 1.03. The van der Waals surface area contributed by atoms with Crippen molar-refractivity contribution in [2.45, 2.75) is 57.0 Å². The fourth-order valence-electron chi connectivity index (χ4n) is 7.01. The van der Waals surface area contributed by atoms with Gasteiger partial charge >= 0.3 is 12.2 Å². The van der Waals surface area contributed by atoms with Crippen LogP contribution in [0.3, 0.4) is 0 Å². The summed E-state index contributed by atoms with van der Waals surface area (Å²) in [6, 6.07) is 5.29. The number of piperazine rings is 1. The Labute approximate surface area is 258 Å². The third-order valence-corrected chi connectivity index (χ3v) is 9.62. The molecule has 45 heavy (non-hydrogen) atoms. The molecule has 3 amide bonds. The average molecular weight is 625 g/mol. The molecule has 238 valence electrons. The van der Waals surface area contributed by atoms with E-state index in [1.165, 1.54) is 19.1 Å². The van der Waals surface area contributed by atoms with Crippen molar-refractivity contribution >= 4 is 17.8 Å². The molecule has 0 bridgehead atoms. The molecule has 10 nitrogen and oxygen atoms in total. The molecule has 7 rings (SSSR count). The number of likely N-dealkylation sites (N-methyl/N-ethyl adjacent to an activating group) is 1. The maximum Gasteiger partial charge on any atom is 0.399 e. The Kier molecular flexibility index (Phi) is 7.27. The van der Waals surface area contributed by atoms with E-state index >= 15 is 0 Å². The lowest BCUT2D eigenvalue weighted by Crippen LogP contribution is -2.61. The van der Waals surface area contributed by atoms with Crippen LogP contribution in [-0.2, 0) is 11.2 Å². The van der Waals surface area contributed by atoms with Gasteiger partial charge in [-0.3, -0.25) is 9.69 Å². The van der Waals surface area contributed by atoms with E-state index in [1.807, 2.05) is 24.0 Å². The molecule has 2 unspecified atom stereocenters. The van der Waals surface area contributed by atoms with Crippen LogP contribution in [0, 0.1) is 5.41 Å². The van der Waals surface area contributed by atoms with Crippen LogP contribution in [0.2, 0.25) is 0 Å². The molecule has 3 aliphatic heterocycles. The summed E-state index contributed by atoms with van der Waals surface area (Å²) >= 11 is 0. The van der Waals surface area contributed by atoms with Crippen molar-refractivity contribution in [2.24, 2.45) is 5.41 Å². The number of hydrogen-bond acceptors (Lipinski definition) is 7. The second kappa shape index (κ2) is 11.1. The number of fused-ring (bicyclic) bond motifs is 4. The van der Waals surface area contributed by atoms with Crippen LogP contribution in [0.25, 0.3) is 0 Å². The van der Waals surface area contributed by atoms with E-state index in [9.17, 15) is 22.8 Å². The van der Waals surface area contributed by atoms with Gasteiger partial charge in [-0.05, 0) is 50.2 Å². The van der Waals surface area contributed by atoms with Gasteiger partial charge in [0.15, 0.2) is 0 Å². The first-order valence-electron chi connectivity index (χ1n) is 15.3. The van der Waals surface area contributed by atoms with Gasteiger partial charge in [0.05, 0.1) is 18.0 Å². The van der Waals surface area contributed by atoms with E-state index < -0.39 is 23.7 Å². The number of halogens is 3. The summed E-state index contributed by atoms with van der Waals surface area (Å²) in [6.07, 6.45) is 1.81. The zero-order valence-electron chi connectivity index (χ0n) is 25.0. The number of pyridine rings is 1. The molecular weight excluding hydrogens is 589 g/mol.